The molecule has 6 nitrogen and oxygen atoms in total. The van der Waals surface area contributed by atoms with Crippen LogP contribution in [0.2, 0.25) is 5.28 Å². The van der Waals surface area contributed by atoms with E-state index in [-0.39, 0.29) is 10.2 Å². The molecule has 2 aliphatic heterocycles. The monoisotopic (exact) mass is 316 g/mol. The van der Waals surface area contributed by atoms with Gasteiger partial charge in [-0.3, -0.25) is 4.90 Å². The smallest absolute Gasteiger partial charge is 0.246 e. The van der Waals surface area contributed by atoms with Crippen molar-refractivity contribution in [1.82, 2.24) is 19.2 Å². The van der Waals surface area contributed by atoms with Gasteiger partial charge in [0.25, 0.3) is 0 Å². The lowest BCUT2D eigenvalue weighted by molar-refractivity contribution is 0.246. The van der Waals surface area contributed by atoms with Gasteiger partial charge >= 0.3 is 0 Å². The van der Waals surface area contributed by atoms with Gasteiger partial charge in [0.2, 0.25) is 15.3 Å². The fraction of sp³-hybridized carbons (Fsp3) is 0.667. The SMILES string of the molecule is CN1C2CCC1CN(S(=O)(=O)c1cnc(Cl)nc1)CC2. The van der Waals surface area contributed by atoms with Crippen molar-refractivity contribution in [3.05, 3.63) is 17.7 Å². The van der Waals surface area contributed by atoms with E-state index in [1.165, 1.54) is 18.8 Å². The van der Waals surface area contributed by atoms with Crippen LogP contribution in [0.3, 0.4) is 0 Å². The lowest BCUT2D eigenvalue weighted by Crippen LogP contribution is -2.39. The van der Waals surface area contributed by atoms with Gasteiger partial charge in [0.1, 0.15) is 4.90 Å². The van der Waals surface area contributed by atoms with Gasteiger partial charge in [-0.15, -0.1) is 0 Å². The van der Waals surface area contributed by atoms with E-state index in [9.17, 15) is 8.42 Å². The minimum atomic E-state index is -3.52. The van der Waals surface area contributed by atoms with Crippen LogP contribution >= 0.6 is 11.6 Å². The first-order valence-electron chi connectivity index (χ1n) is 6.68. The van der Waals surface area contributed by atoms with Crippen molar-refractivity contribution < 1.29 is 8.42 Å². The highest BCUT2D eigenvalue weighted by molar-refractivity contribution is 7.89. The van der Waals surface area contributed by atoms with Gasteiger partial charge in [0.15, 0.2) is 0 Å². The fourth-order valence-electron chi connectivity index (χ4n) is 3.08. The Morgan fingerprint density at radius 2 is 1.85 bits per heavy atom. The molecule has 20 heavy (non-hydrogen) atoms. The molecule has 1 aromatic heterocycles. The Morgan fingerprint density at radius 3 is 2.55 bits per heavy atom. The third kappa shape index (κ3) is 2.43. The summed E-state index contributed by atoms with van der Waals surface area (Å²) in [6.45, 7) is 1.09. The molecule has 2 aliphatic rings. The van der Waals surface area contributed by atoms with E-state index in [4.69, 9.17) is 11.6 Å². The van der Waals surface area contributed by atoms with E-state index in [0.29, 0.717) is 25.2 Å². The lowest BCUT2D eigenvalue weighted by atomic mass is 10.1. The van der Waals surface area contributed by atoms with Gasteiger partial charge < -0.3 is 0 Å². The van der Waals surface area contributed by atoms with Crippen LogP contribution < -0.4 is 0 Å². The molecule has 0 N–H and O–H groups in total. The van der Waals surface area contributed by atoms with E-state index < -0.39 is 10.0 Å². The van der Waals surface area contributed by atoms with E-state index >= 15 is 0 Å². The van der Waals surface area contributed by atoms with E-state index in [1.807, 2.05) is 0 Å². The molecule has 0 saturated carbocycles. The second-order valence-corrected chi connectivity index (χ2v) is 7.67. The highest BCUT2D eigenvalue weighted by Gasteiger charge is 2.38. The summed E-state index contributed by atoms with van der Waals surface area (Å²) in [5, 5.41) is 0.0543. The molecule has 0 aliphatic carbocycles. The summed E-state index contributed by atoms with van der Waals surface area (Å²) in [5.41, 5.74) is 0. The summed E-state index contributed by atoms with van der Waals surface area (Å²) >= 11 is 5.61. The van der Waals surface area contributed by atoms with Crippen molar-refractivity contribution in [3.63, 3.8) is 0 Å². The number of likely N-dealkylation sites (N-methyl/N-ethyl adjacent to an activating group) is 1. The van der Waals surface area contributed by atoms with Crippen LogP contribution in [0.25, 0.3) is 0 Å². The zero-order valence-corrected chi connectivity index (χ0v) is 12.8. The molecule has 0 spiro atoms. The molecule has 1 aromatic rings. The molecular weight excluding hydrogens is 300 g/mol. The maximum absolute atomic E-state index is 12.6. The molecule has 0 aromatic carbocycles. The van der Waals surface area contributed by atoms with Crippen molar-refractivity contribution in [2.45, 2.75) is 36.2 Å². The van der Waals surface area contributed by atoms with Crippen LogP contribution in [0.5, 0.6) is 0 Å². The van der Waals surface area contributed by atoms with E-state index in [0.717, 1.165) is 12.8 Å². The molecule has 8 heteroatoms. The Hall–Kier alpha value is -0.760. The Balaban J connectivity index is 1.86. The fourth-order valence-corrected chi connectivity index (χ4v) is 4.56. The van der Waals surface area contributed by atoms with Gasteiger partial charge in [0.05, 0.1) is 12.4 Å². The average molecular weight is 317 g/mol. The summed E-state index contributed by atoms with van der Waals surface area (Å²) in [5.74, 6) is 0. The third-order valence-corrected chi connectivity index (χ3v) is 6.36. The maximum atomic E-state index is 12.6. The number of fused-ring (bicyclic) bond motifs is 2. The van der Waals surface area contributed by atoms with Crippen molar-refractivity contribution in [2.24, 2.45) is 0 Å². The lowest BCUT2D eigenvalue weighted by Gasteiger charge is -2.25. The van der Waals surface area contributed by atoms with Gasteiger partial charge in [-0.05, 0) is 37.9 Å². The Kier molecular flexibility index (Phi) is 3.70. The Bertz CT molecular complexity index is 592. The predicted octanol–water partition coefficient (Wildman–Crippen LogP) is 0.987. The summed E-state index contributed by atoms with van der Waals surface area (Å²) in [4.78, 5) is 9.96. The first-order chi connectivity index (χ1) is 9.48. The van der Waals surface area contributed by atoms with E-state index in [1.54, 1.807) is 4.31 Å². The topological polar surface area (TPSA) is 66.4 Å². The van der Waals surface area contributed by atoms with Crippen LogP contribution in [-0.4, -0.2) is 59.8 Å². The van der Waals surface area contributed by atoms with Gasteiger partial charge in [0, 0.05) is 25.2 Å². The van der Waals surface area contributed by atoms with Crippen LogP contribution in [0.4, 0.5) is 0 Å². The highest BCUT2D eigenvalue weighted by Crippen LogP contribution is 2.30. The molecule has 2 fully saturated rings. The molecule has 0 radical (unpaired) electrons. The van der Waals surface area contributed by atoms with Gasteiger partial charge in [-0.25, -0.2) is 18.4 Å². The number of hydrogen-bond acceptors (Lipinski definition) is 5. The van der Waals surface area contributed by atoms with Crippen molar-refractivity contribution >= 4 is 21.6 Å². The number of hydrogen-bond donors (Lipinski definition) is 0. The Labute approximate surface area is 123 Å². The second kappa shape index (κ2) is 5.22. The van der Waals surface area contributed by atoms with Crippen LogP contribution in [-0.2, 0) is 10.0 Å². The van der Waals surface area contributed by atoms with Gasteiger partial charge in [-0.1, -0.05) is 0 Å². The molecule has 3 heterocycles. The summed E-state index contributed by atoms with van der Waals surface area (Å²) in [6, 6.07) is 0.812. The van der Waals surface area contributed by atoms with E-state index in [2.05, 4.69) is 21.9 Å². The maximum Gasteiger partial charge on any atom is 0.246 e. The van der Waals surface area contributed by atoms with Crippen molar-refractivity contribution in [3.8, 4) is 0 Å². The molecule has 0 amide bonds. The number of aromatic nitrogens is 2. The molecule has 2 atom stereocenters. The summed E-state index contributed by atoms with van der Waals surface area (Å²) in [6.07, 6.45) is 5.65. The number of nitrogens with zero attached hydrogens (tertiary/aromatic N) is 4. The zero-order chi connectivity index (χ0) is 14.3. The first-order valence-corrected chi connectivity index (χ1v) is 8.50. The molecule has 3 rings (SSSR count). The minimum Gasteiger partial charge on any atom is -0.299 e. The van der Waals surface area contributed by atoms with Gasteiger partial charge in [-0.2, -0.15) is 4.31 Å². The molecule has 2 bridgehead atoms. The largest absolute Gasteiger partial charge is 0.299 e. The summed E-state index contributed by atoms with van der Waals surface area (Å²) < 4.78 is 26.8. The van der Waals surface area contributed by atoms with Crippen LogP contribution in [0.15, 0.2) is 17.3 Å². The van der Waals surface area contributed by atoms with Crippen molar-refractivity contribution in [1.29, 1.82) is 0 Å². The van der Waals surface area contributed by atoms with Crippen LogP contribution in [0.1, 0.15) is 19.3 Å². The normalized spacial score (nSPS) is 28.5. The van der Waals surface area contributed by atoms with Crippen LogP contribution in [0, 0.1) is 0 Å². The number of rotatable bonds is 2. The Morgan fingerprint density at radius 1 is 1.20 bits per heavy atom. The zero-order valence-electron chi connectivity index (χ0n) is 11.2. The number of sulfonamides is 1. The predicted molar refractivity (Wildman–Crippen MR) is 75.0 cm³/mol. The first kappa shape index (κ1) is 14.2. The quantitative estimate of drug-likeness (QED) is 0.761. The summed E-state index contributed by atoms with van der Waals surface area (Å²) in [7, 11) is -1.44. The standard InChI is InChI=1S/C12H17ClN4O2S/c1-16-9-2-3-10(16)8-17(5-4-9)20(18,19)11-6-14-12(13)15-7-11/h6-7,9-10H,2-5,8H2,1H3. The molecular formula is C12H17ClN4O2S. The molecule has 2 saturated heterocycles. The molecule has 110 valence electrons. The molecule has 2 unspecified atom stereocenters. The average Bonchev–Trinajstić information content (AvgIpc) is 2.63. The minimum absolute atomic E-state index is 0.0543. The third-order valence-electron chi connectivity index (χ3n) is 4.35. The van der Waals surface area contributed by atoms with Crippen molar-refractivity contribution in [2.75, 3.05) is 20.1 Å². The number of halogens is 1. The second-order valence-electron chi connectivity index (χ2n) is 5.39. The highest BCUT2D eigenvalue weighted by atomic mass is 35.5.